The van der Waals surface area contributed by atoms with Gasteiger partial charge >= 0.3 is 0 Å². The highest BCUT2D eigenvalue weighted by molar-refractivity contribution is 9.10. The van der Waals surface area contributed by atoms with Gasteiger partial charge in [0.2, 0.25) is 0 Å². The maximum absolute atomic E-state index is 3.70. The quantitative estimate of drug-likeness (QED) is 0.832. The summed E-state index contributed by atoms with van der Waals surface area (Å²) in [5, 5.41) is 3.70. The number of benzene rings is 1. The summed E-state index contributed by atoms with van der Waals surface area (Å²) in [5.74, 6) is 0. The number of hydrogen-bond acceptors (Lipinski definition) is 1. The lowest BCUT2D eigenvalue weighted by atomic mass is 9.67. The molecule has 0 bridgehead atoms. The third-order valence-corrected chi connectivity index (χ3v) is 4.85. The molecule has 0 spiro atoms. The molecule has 0 aliphatic heterocycles. The Morgan fingerprint density at radius 1 is 1.29 bits per heavy atom. The third-order valence-electron chi connectivity index (χ3n) is 4.32. The smallest absolute Gasteiger partial charge is 0.0292 e. The molecule has 1 aliphatic rings. The number of rotatable bonds is 5. The maximum Gasteiger partial charge on any atom is 0.0292 e. The Balaban J connectivity index is 1.88. The fourth-order valence-electron chi connectivity index (χ4n) is 2.57. The number of halogens is 1. The van der Waals surface area contributed by atoms with Gasteiger partial charge in [-0.1, -0.05) is 41.4 Å². The standard InChI is InChI=1S/C15H22BrN/c1-3-15(9-4-10-15)11-17-12(2)13-5-7-14(16)8-6-13/h5-8,12,17H,3-4,9-11H2,1-2H3. The van der Waals surface area contributed by atoms with Gasteiger partial charge in [-0.05, 0) is 49.3 Å². The molecule has 1 atom stereocenters. The molecule has 2 rings (SSSR count). The Hall–Kier alpha value is -0.340. The first-order chi connectivity index (χ1) is 8.15. The van der Waals surface area contributed by atoms with Gasteiger partial charge in [-0.3, -0.25) is 0 Å². The lowest BCUT2D eigenvalue weighted by Crippen LogP contribution is -2.40. The molecule has 0 aromatic heterocycles. The molecule has 1 fully saturated rings. The average Bonchev–Trinajstić information content (AvgIpc) is 2.29. The zero-order chi connectivity index (χ0) is 12.3. The molecule has 1 saturated carbocycles. The minimum atomic E-state index is 0.451. The van der Waals surface area contributed by atoms with Gasteiger partial charge in [-0.2, -0.15) is 0 Å². The molecule has 1 aromatic carbocycles. The van der Waals surface area contributed by atoms with Crippen molar-refractivity contribution < 1.29 is 0 Å². The summed E-state index contributed by atoms with van der Waals surface area (Å²) in [5.41, 5.74) is 1.97. The summed E-state index contributed by atoms with van der Waals surface area (Å²) in [4.78, 5) is 0. The minimum Gasteiger partial charge on any atom is -0.310 e. The van der Waals surface area contributed by atoms with Gasteiger partial charge in [-0.25, -0.2) is 0 Å². The maximum atomic E-state index is 3.70. The van der Waals surface area contributed by atoms with Crippen LogP contribution in [0.1, 0.15) is 51.1 Å². The molecule has 1 nitrogen and oxygen atoms in total. The van der Waals surface area contributed by atoms with Crippen molar-refractivity contribution in [2.24, 2.45) is 5.41 Å². The predicted octanol–water partition coefficient (Wildman–Crippen LogP) is 4.68. The zero-order valence-electron chi connectivity index (χ0n) is 10.8. The Kier molecular flexibility index (Phi) is 4.26. The van der Waals surface area contributed by atoms with Crippen molar-refractivity contribution in [2.45, 2.75) is 45.6 Å². The molecule has 0 amide bonds. The molecule has 0 saturated heterocycles. The van der Waals surface area contributed by atoms with Crippen molar-refractivity contribution in [1.29, 1.82) is 0 Å². The van der Waals surface area contributed by atoms with E-state index < -0.39 is 0 Å². The number of hydrogen-bond donors (Lipinski definition) is 1. The largest absolute Gasteiger partial charge is 0.310 e. The summed E-state index contributed by atoms with van der Waals surface area (Å²) in [6.07, 6.45) is 5.54. The summed E-state index contributed by atoms with van der Waals surface area (Å²) in [6.45, 7) is 5.75. The third kappa shape index (κ3) is 3.11. The monoisotopic (exact) mass is 295 g/mol. The molecule has 1 unspecified atom stereocenters. The Morgan fingerprint density at radius 2 is 1.94 bits per heavy atom. The van der Waals surface area contributed by atoms with Crippen LogP contribution in [0.5, 0.6) is 0 Å². The molecule has 1 aliphatic carbocycles. The predicted molar refractivity (Wildman–Crippen MR) is 77.1 cm³/mol. The normalized spacial score (nSPS) is 19.7. The summed E-state index contributed by atoms with van der Waals surface area (Å²) in [7, 11) is 0. The molecule has 1 aromatic rings. The molecule has 94 valence electrons. The second-order valence-corrected chi connectivity index (χ2v) is 6.28. The lowest BCUT2D eigenvalue weighted by Gasteiger charge is -2.42. The van der Waals surface area contributed by atoms with Crippen molar-refractivity contribution in [3.05, 3.63) is 34.3 Å². The van der Waals surface area contributed by atoms with E-state index >= 15 is 0 Å². The first-order valence-corrected chi connectivity index (χ1v) is 7.43. The fourth-order valence-corrected chi connectivity index (χ4v) is 2.84. The Bertz CT molecular complexity index is 348. The van der Waals surface area contributed by atoms with Crippen LogP contribution in [0, 0.1) is 5.41 Å². The Labute approximate surface area is 113 Å². The van der Waals surface area contributed by atoms with Crippen molar-refractivity contribution in [3.8, 4) is 0 Å². The molecule has 0 heterocycles. The van der Waals surface area contributed by atoms with Gasteiger partial charge in [0.25, 0.3) is 0 Å². The lowest BCUT2D eigenvalue weighted by molar-refractivity contribution is 0.120. The van der Waals surface area contributed by atoms with E-state index in [0.29, 0.717) is 11.5 Å². The van der Waals surface area contributed by atoms with Gasteiger partial charge in [0.05, 0.1) is 0 Å². The van der Waals surface area contributed by atoms with Crippen molar-refractivity contribution in [3.63, 3.8) is 0 Å². The van der Waals surface area contributed by atoms with Crippen LogP contribution >= 0.6 is 15.9 Å². The van der Waals surface area contributed by atoms with E-state index in [0.717, 1.165) is 4.47 Å². The van der Waals surface area contributed by atoms with Gasteiger partial charge in [0.15, 0.2) is 0 Å². The van der Waals surface area contributed by atoms with E-state index in [2.05, 4.69) is 59.4 Å². The summed E-state index contributed by atoms with van der Waals surface area (Å²) >= 11 is 3.48. The van der Waals surface area contributed by atoms with Gasteiger partial charge in [0, 0.05) is 17.1 Å². The van der Waals surface area contributed by atoms with Crippen molar-refractivity contribution in [2.75, 3.05) is 6.54 Å². The topological polar surface area (TPSA) is 12.0 Å². The highest BCUT2D eigenvalue weighted by Gasteiger charge is 2.34. The fraction of sp³-hybridized carbons (Fsp3) is 0.600. The van der Waals surface area contributed by atoms with Crippen LogP contribution in [0.15, 0.2) is 28.7 Å². The van der Waals surface area contributed by atoms with E-state index in [1.807, 2.05) is 0 Å². The molecule has 1 N–H and O–H groups in total. The van der Waals surface area contributed by atoms with Gasteiger partial charge in [0.1, 0.15) is 0 Å². The molecular formula is C15H22BrN. The van der Waals surface area contributed by atoms with E-state index in [4.69, 9.17) is 0 Å². The average molecular weight is 296 g/mol. The highest BCUT2D eigenvalue weighted by Crippen LogP contribution is 2.43. The Morgan fingerprint density at radius 3 is 2.41 bits per heavy atom. The molecule has 2 heteroatoms. The molecular weight excluding hydrogens is 274 g/mol. The van der Waals surface area contributed by atoms with Crippen LogP contribution in [0.2, 0.25) is 0 Å². The van der Waals surface area contributed by atoms with Crippen LogP contribution < -0.4 is 5.32 Å². The number of nitrogens with one attached hydrogen (secondary N) is 1. The zero-order valence-corrected chi connectivity index (χ0v) is 12.4. The molecule has 0 radical (unpaired) electrons. The van der Waals surface area contributed by atoms with Crippen LogP contribution in [0.3, 0.4) is 0 Å². The van der Waals surface area contributed by atoms with E-state index in [1.165, 1.54) is 37.8 Å². The van der Waals surface area contributed by atoms with Gasteiger partial charge < -0.3 is 5.32 Å². The van der Waals surface area contributed by atoms with Crippen LogP contribution in [-0.4, -0.2) is 6.54 Å². The molecule has 17 heavy (non-hydrogen) atoms. The highest BCUT2D eigenvalue weighted by atomic mass is 79.9. The van der Waals surface area contributed by atoms with E-state index in [1.54, 1.807) is 0 Å². The second kappa shape index (κ2) is 5.53. The summed E-state index contributed by atoms with van der Waals surface area (Å²) < 4.78 is 1.15. The van der Waals surface area contributed by atoms with Crippen molar-refractivity contribution >= 4 is 15.9 Å². The van der Waals surface area contributed by atoms with Gasteiger partial charge in [-0.15, -0.1) is 0 Å². The minimum absolute atomic E-state index is 0.451. The van der Waals surface area contributed by atoms with Crippen molar-refractivity contribution in [1.82, 2.24) is 5.32 Å². The van der Waals surface area contributed by atoms with E-state index in [9.17, 15) is 0 Å². The summed E-state index contributed by atoms with van der Waals surface area (Å²) in [6, 6.07) is 9.08. The van der Waals surface area contributed by atoms with Crippen LogP contribution in [-0.2, 0) is 0 Å². The van der Waals surface area contributed by atoms with Crippen LogP contribution in [0.4, 0.5) is 0 Å². The first-order valence-electron chi connectivity index (χ1n) is 6.64. The van der Waals surface area contributed by atoms with E-state index in [-0.39, 0.29) is 0 Å². The van der Waals surface area contributed by atoms with Crippen LogP contribution in [0.25, 0.3) is 0 Å². The second-order valence-electron chi connectivity index (χ2n) is 5.36. The SMILES string of the molecule is CCC1(CNC(C)c2ccc(Br)cc2)CCC1. The first kappa shape index (κ1) is 13.1.